The van der Waals surface area contributed by atoms with E-state index in [1.54, 1.807) is 6.07 Å². The summed E-state index contributed by atoms with van der Waals surface area (Å²) < 4.78 is 0. The van der Waals surface area contributed by atoms with E-state index in [-0.39, 0.29) is 11.9 Å². The monoisotopic (exact) mass is 255 g/mol. The second-order valence-corrected chi connectivity index (χ2v) is 5.35. The average molecular weight is 255 g/mol. The number of likely N-dealkylation sites (tertiary alicyclic amines) is 1. The topological polar surface area (TPSA) is 56.1 Å². The predicted octanol–water partition coefficient (Wildman–Crippen LogP) is 1.41. The third-order valence-corrected chi connectivity index (χ3v) is 3.74. The molecule has 19 heavy (non-hydrogen) atoms. The third-order valence-electron chi connectivity index (χ3n) is 3.74. The van der Waals surface area contributed by atoms with Crippen LogP contribution in [0.5, 0.6) is 0 Å². The summed E-state index contributed by atoms with van der Waals surface area (Å²) in [6.07, 6.45) is 3.30. The lowest BCUT2D eigenvalue weighted by molar-refractivity contribution is -0.129. The normalized spacial score (nSPS) is 22.6. The van der Waals surface area contributed by atoms with Crippen LogP contribution in [0.15, 0.2) is 24.3 Å². The van der Waals surface area contributed by atoms with Gasteiger partial charge in [-0.25, -0.2) is 0 Å². The fourth-order valence-electron chi connectivity index (χ4n) is 2.54. The van der Waals surface area contributed by atoms with E-state index < -0.39 is 0 Å². The Morgan fingerprint density at radius 1 is 1.37 bits per heavy atom. The zero-order valence-electron chi connectivity index (χ0n) is 10.8. The van der Waals surface area contributed by atoms with Crippen LogP contribution in [0.25, 0.3) is 0 Å². The number of hydrogen-bond donors (Lipinski definition) is 1. The van der Waals surface area contributed by atoms with Crippen LogP contribution in [-0.4, -0.2) is 29.4 Å². The molecule has 3 rings (SSSR count). The first-order chi connectivity index (χ1) is 9.26. The Balaban J connectivity index is 1.63. The van der Waals surface area contributed by atoms with Gasteiger partial charge in [-0.15, -0.1) is 0 Å². The van der Waals surface area contributed by atoms with Gasteiger partial charge in [0.25, 0.3) is 0 Å². The zero-order valence-corrected chi connectivity index (χ0v) is 10.8. The minimum atomic E-state index is 0.00616. The van der Waals surface area contributed by atoms with Crippen LogP contribution in [0.3, 0.4) is 0 Å². The number of carbonyl (C=O) groups excluding carboxylic acids is 1. The lowest BCUT2D eigenvalue weighted by Gasteiger charge is -2.17. The molecule has 1 N–H and O–H groups in total. The number of hydrogen-bond acceptors (Lipinski definition) is 3. The fourth-order valence-corrected chi connectivity index (χ4v) is 2.54. The molecule has 0 radical (unpaired) electrons. The van der Waals surface area contributed by atoms with Crippen LogP contribution < -0.4 is 5.32 Å². The largest absolute Gasteiger partial charge is 0.337 e. The average Bonchev–Trinajstić information content (AvgIpc) is 3.19. The Hall–Kier alpha value is -1.86. The number of benzene rings is 1. The van der Waals surface area contributed by atoms with Crippen molar-refractivity contribution >= 4 is 5.91 Å². The number of amides is 1. The first-order valence-corrected chi connectivity index (χ1v) is 6.80. The fraction of sp³-hybridized carbons (Fsp3) is 0.467. The second kappa shape index (κ2) is 5.02. The highest BCUT2D eigenvalue weighted by molar-refractivity contribution is 5.84. The summed E-state index contributed by atoms with van der Waals surface area (Å²) in [4.78, 5) is 14.1. The van der Waals surface area contributed by atoms with Gasteiger partial charge in [0.05, 0.1) is 17.7 Å². The van der Waals surface area contributed by atoms with Crippen LogP contribution in [-0.2, 0) is 11.3 Å². The van der Waals surface area contributed by atoms with Crippen molar-refractivity contribution in [1.82, 2.24) is 10.2 Å². The molecule has 1 aliphatic heterocycles. The van der Waals surface area contributed by atoms with Crippen molar-refractivity contribution in [2.45, 2.75) is 37.9 Å². The number of carbonyl (C=O) groups is 1. The molecule has 1 amide bonds. The first-order valence-electron chi connectivity index (χ1n) is 6.80. The molecular weight excluding hydrogens is 238 g/mol. The lowest BCUT2D eigenvalue weighted by atomic mass is 10.1. The van der Waals surface area contributed by atoms with Crippen molar-refractivity contribution in [3.8, 4) is 6.07 Å². The summed E-state index contributed by atoms with van der Waals surface area (Å²) in [5, 5.41) is 12.3. The molecule has 4 heteroatoms. The maximum Gasteiger partial charge on any atom is 0.240 e. The van der Waals surface area contributed by atoms with Crippen molar-refractivity contribution in [3.05, 3.63) is 35.4 Å². The van der Waals surface area contributed by atoms with Gasteiger partial charge in [-0.1, -0.05) is 12.1 Å². The molecule has 1 aromatic rings. The molecule has 1 atom stereocenters. The zero-order chi connectivity index (χ0) is 13.2. The quantitative estimate of drug-likeness (QED) is 0.885. The minimum absolute atomic E-state index is 0.00616. The first kappa shape index (κ1) is 12.2. The summed E-state index contributed by atoms with van der Waals surface area (Å²) in [6.45, 7) is 1.41. The summed E-state index contributed by atoms with van der Waals surface area (Å²) >= 11 is 0. The van der Waals surface area contributed by atoms with Gasteiger partial charge in [-0.3, -0.25) is 4.79 Å². The maximum atomic E-state index is 12.2. The van der Waals surface area contributed by atoms with Crippen LogP contribution in [0.4, 0.5) is 0 Å². The predicted molar refractivity (Wildman–Crippen MR) is 71.1 cm³/mol. The van der Waals surface area contributed by atoms with E-state index in [9.17, 15) is 4.79 Å². The van der Waals surface area contributed by atoms with Crippen LogP contribution in [0.1, 0.15) is 30.4 Å². The molecule has 2 fully saturated rings. The van der Waals surface area contributed by atoms with E-state index in [2.05, 4.69) is 11.4 Å². The van der Waals surface area contributed by atoms with Crippen molar-refractivity contribution in [1.29, 1.82) is 5.26 Å². The van der Waals surface area contributed by atoms with Crippen LogP contribution in [0, 0.1) is 11.3 Å². The molecular formula is C15H17N3O. The van der Waals surface area contributed by atoms with Gasteiger partial charge in [0, 0.05) is 19.1 Å². The molecule has 4 nitrogen and oxygen atoms in total. The molecule has 1 unspecified atom stereocenters. The van der Waals surface area contributed by atoms with E-state index >= 15 is 0 Å². The molecule has 0 aromatic heterocycles. The number of nitrogens with zero attached hydrogens (tertiary/aromatic N) is 2. The highest BCUT2D eigenvalue weighted by Gasteiger charge is 2.35. The smallest absolute Gasteiger partial charge is 0.240 e. The van der Waals surface area contributed by atoms with E-state index in [4.69, 9.17) is 5.26 Å². The molecule has 0 spiro atoms. The Labute approximate surface area is 113 Å². The van der Waals surface area contributed by atoms with Crippen molar-refractivity contribution in [3.63, 3.8) is 0 Å². The summed E-state index contributed by atoms with van der Waals surface area (Å²) in [7, 11) is 0. The molecule has 1 aliphatic carbocycles. The standard InChI is InChI=1S/C15H17N3O/c16-9-11-2-1-3-12(8-11)10-18-7-6-14(15(18)19)17-13-4-5-13/h1-3,8,13-14,17H,4-7,10H2. The highest BCUT2D eigenvalue weighted by atomic mass is 16.2. The minimum Gasteiger partial charge on any atom is -0.337 e. The Morgan fingerprint density at radius 2 is 2.21 bits per heavy atom. The van der Waals surface area contributed by atoms with Crippen molar-refractivity contribution < 1.29 is 4.79 Å². The summed E-state index contributed by atoms with van der Waals surface area (Å²) in [5.41, 5.74) is 1.68. The second-order valence-electron chi connectivity index (χ2n) is 5.35. The molecule has 0 bridgehead atoms. The van der Waals surface area contributed by atoms with Gasteiger partial charge in [-0.05, 0) is 37.0 Å². The van der Waals surface area contributed by atoms with Crippen LogP contribution >= 0.6 is 0 Å². The highest BCUT2D eigenvalue weighted by Crippen LogP contribution is 2.23. The molecule has 1 saturated heterocycles. The molecule has 98 valence electrons. The summed E-state index contributed by atoms with van der Waals surface area (Å²) in [5.74, 6) is 0.203. The third kappa shape index (κ3) is 2.77. The van der Waals surface area contributed by atoms with E-state index in [1.807, 2.05) is 23.1 Å². The maximum absolute atomic E-state index is 12.2. The number of nitriles is 1. The van der Waals surface area contributed by atoms with Gasteiger partial charge in [0.15, 0.2) is 0 Å². The van der Waals surface area contributed by atoms with Crippen molar-refractivity contribution in [2.75, 3.05) is 6.54 Å². The van der Waals surface area contributed by atoms with Gasteiger partial charge >= 0.3 is 0 Å². The van der Waals surface area contributed by atoms with Crippen molar-refractivity contribution in [2.24, 2.45) is 0 Å². The molecule has 1 saturated carbocycles. The number of rotatable bonds is 4. The Bertz CT molecular complexity index is 530. The van der Waals surface area contributed by atoms with Gasteiger partial charge in [-0.2, -0.15) is 5.26 Å². The van der Waals surface area contributed by atoms with E-state index in [0.717, 1.165) is 18.5 Å². The van der Waals surface area contributed by atoms with Gasteiger partial charge < -0.3 is 10.2 Å². The molecule has 1 heterocycles. The number of nitrogens with one attached hydrogen (secondary N) is 1. The van der Waals surface area contributed by atoms with Crippen LogP contribution in [0.2, 0.25) is 0 Å². The lowest BCUT2D eigenvalue weighted by Crippen LogP contribution is -2.39. The van der Waals surface area contributed by atoms with E-state index in [0.29, 0.717) is 18.2 Å². The Kier molecular flexibility index (Phi) is 3.22. The van der Waals surface area contributed by atoms with Gasteiger partial charge in [0.2, 0.25) is 5.91 Å². The summed E-state index contributed by atoms with van der Waals surface area (Å²) in [6, 6.07) is 10.2. The SMILES string of the molecule is N#Cc1cccc(CN2CCC(NC3CC3)C2=O)c1. The van der Waals surface area contributed by atoms with E-state index in [1.165, 1.54) is 12.8 Å². The molecule has 2 aliphatic rings. The Morgan fingerprint density at radius 3 is 2.95 bits per heavy atom. The molecule has 1 aromatic carbocycles. The van der Waals surface area contributed by atoms with Gasteiger partial charge in [0.1, 0.15) is 0 Å².